The largest absolute Gasteiger partial charge is 0.493 e. The fraction of sp³-hybridized carbons (Fsp3) is 0.347. The number of carbonyl (C=O) groups excluding carboxylic acids is 2. The number of benzene rings is 4. The Bertz CT molecular complexity index is 2550. The Labute approximate surface area is 390 Å². The molecular weight excluding hydrogens is 869 g/mol. The molecule has 2 amide bonds. The van der Waals surface area contributed by atoms with E-state index >= 15 is 0 Å². The molecule has 6 rings (SSSR count). The summed E-state index contributed by atoms with van der Waals surface area (Å²) in [6.45, 7) is 11.3. The van der Waals surface area contributed by atoms with E-state index in [-0.39, 0.29) is 28.4 Å². The summed E-state index contributed by atoms with van der Waals surface area (Å²) in [6, 6.07) is 22.7. The third-order valence-electron chi connectivity index (χ3n) is 8.37. The summed E-state index contributed by atoms with van der Waals surface area (Å²) in [5.74, 6) is 2.49. The molecule has 65 heavy (non-hydrogen) atoms. The van der Waals surface area contributed by atoms with Crippen LogP contribution >= 0.6 is 22.7 Å². The van der Waals surface area contributed by atoms with E-state index in [9.17, 15) is 9.59 Å². The maximum Gasteiger partial charge on any atom is 0.414 e. The quantitative estimate of drug-likeness (QED) is 0.104. The van der Waals surface area contributed by atoms with Gasteiger partial charge in [-0.3, -0.25) is 10.2 Å². The molecule has 0 saturated carbocycles. The second kappa shape index (κ2) is 24.2. The summed E-state index contributed by atoms with van der Waals surface area (Å²) < 4.78 is 44.4. The van der Waals surface area contributed by atoms with Crippen LogP contribution in [0.15, 0.2) is 72.8 Å². The molecule has 0 aliphatic carbocycles. The van der Waals surface area contributed by atoms with Crippen molar-refractivity contribution in [1.82, 2.24) is 9.97 Å². The standard InChI is InChI=1S/C24H28N2O5S.C23H26N2O5S.2CH4/c1-24(2,3)31-23(27)26(4)17-9-11-21-18(14-17)25-22(32-21)12-8-16-7-10-19(30-15-28-5)20(13-16)29-6;1-23(2,3)30-22(26)24-16-8-10-20-17(13-16)25-21(31-20)11-7-15-6-9-18(29-14-27-4)19(12-15)28-5;;/h7-14H,15H2,1-6H3;6-13H,14H2,1-5H3,(H,24,26);2*1H4/b12-8+;11-7+;;. The number of nitrogens with zero attached hydrogens (tertiary/aromatic N) is 3. The summed E-state index contributed by atoms with van der Waals surface area (Å²) in [6.07, 6.45) is 6.92. The average Bonchev–Trinajstić information content (AvgIpc) is 3.85. The molecule has 0 saturated heterocycles. The van der Waals surface area contributed by atoms with Crippen molar-refractivity contribution in [1.29, 1.82) is 0 Å². The van der Waals surface area contributed by atoms with Crippen LogP contribution in [-0.4, -0.2) is 82.4 Å². The predicted molar refractivity (Wildman–Crippen MR) is 266 cm³/mol. The van der Waals surface area contributed by atoms with Crippen LogP contribution in [-0.2, 0) is 18.9 Å². The zero-order valence-corrected chi connectivity index (χ0v) is 39.0. The van der Waals surface area contributed by atoms with Gasteiger partial charge in [0, 0.05) is 32.6 Å². The second-order valence-electron chi connectivity index (χ2n) is 15.7. The van der Waals surface area contributed by atoms with Crippen LogP contribution in [0.5, 0.6) is 23.0 Å². The summed E-state index contributed by atoms with van der Waals surface area (Å²) in [5.41, 5.74) is 3.80. The minimum absolute atomic E-state index is 0. The van der Waals surface area contributed by atoms with Crippen molar-refractivity contribution in [2.24, 2.45) is 0 Å². The van der Waals surface area contributed by atoms with E-state index in [0.29, 0.717) is 28.7 Å². The van der Waals surface area contributed by atoms with E-state index in [4.69, 9.17) is 37.9 Å². The number of amides is 2. The molecule has 4 aromatic carbocycles. The molecule has 350 valence electrons. The molecule has 14 nitrogen and oxygen atoms in total. The first-order valence-corrected chi connectivity index (χ1v) is 21.3. The number of rotatable bonds is 14. The maximum atomic E-state index is 12.3. The highest BCUT2D eigenvalue weighted by Gasteiger charge is 2.21. The van der Waals surface area contributed by atoms with Crippen LogP contribution in [0, 0.1) is 0 Å². The molecule has 0 atom stereocenters. The molecule has 0 aliphatic rings. The topological polar surface area (TPSA) is 149 Å². The van der Waals surface area contributed by atoms with E-state index in [1.807, 2.05) is 139 Å². The molecule has 0 spiro atoms. The smallest absolute Gasteiger partial charge is 0.414 e. The molecule has 0 aliphatic heterocycles. The van der Waals surface area contributed by atoms with Gasteiger partial charge in [-0.05, 0) is 125 Å². The number of carbonyl (C=O) groups is 2. The van der Waals surface area contributed by atoms with E-state index in [1.54, 1.807) is 58.2 Å². The molecule has 1 N–H and O–H groups in total. The highest BCUT2D eigenvalue weighted by molar-refractivity contribution is 7.19. The number of methoxy groups -OCH3 is 4. The van der Waals surface area contributed by atoms with Crippen molar-refractivity contribution >= 4 is 91.0 Å². The lowest BCUT2D eigenvalue weighted by Gasteiger charge is -2.24. The van der Waals surface area contributed by atoms with Gasteiger partial charge in [-0.2, -0.15) is 0 Å². The third-order valence-corrected chi connectivity index (χ3v) is 10.4. The van der Waals surface area contributed by atoms with Crippen molar-refractivity contribution in [3.05, 3.63) is 93.9 Å². The number of nitrogens with one attached hydrogen (secondary N) is 1. The van der Waals surface area contributed by atoms with Gasteiger partial charge < -0.3 is 37.9 Å². The van der Waals surface area contributed by atoms with Crippen LogP contribution in [0.4, 0.5) is 21.0 Å². The first-order valence-electron chi connectivity index (χ1n) is 19.7. The van der Waals surface area contributed by atoms with Gasteiger partial charge in [0.05, 0.1) is 34.7 Å². The lowest BCUT2D eigenvalue weighted by molar-refractivity contribution is 0.0490. The van der Waals surface area contributed by atoms with Gasteiger partial charge in [0.2, 0.25) is 0 Å². The zero-order chi connectivity index (χ0) is 45.7. The number of fused-ring (bicyclic) bond motifs is 2. The fourth-order valence-corrected chi connectivity index (χ4v) is 7.26. The number of anilines is 2. The maximum absolute atomic E-state index is 12.3. The number of hydrogen-bond acceptors (Lipinski definition) is 14. The van der Waals surface area contributed by atoms with E-state index in [2.05, 4.69) is 15.3 Å². The molecule has 0 unspecified atom stereocenters. The number of thiazole rings is 2. The van der Waals surface area contributed by atoms with Gasteiger partial charge >= 0.3 is 12.2 Å². The van der Waals surface area contributed by atoms with Crippen LogP contribution in [0.1, 0.15) is 77.5 Å². The van der Waals surface area contributed by atoms with E-state index in [0.717, 1.165) is 47.3 Å². The van der Waals surface area contributed by atoms with Crippen LogP contribution in [0.3, 0.4) is 0 Å². The normalized spacial score (nSPS) is 11.3. The molecule has 16 heteroatoms. The molecule has 0 bridgehead atoms. The van der Waals surface area contributed by atoms with Crippen LogP contribution in [0.2, 0.25) is 0 Å². The van der Waals surface area contributed by atoms with Crippen molar-refractivity contribution in [2.45, 2.75) is 67.6 Å². The highest BCUT2D eigenvalue weighted by Crippen LogP contribution is 2.32. The van der Waals surface area contributed by atoms with Gasteiger partial charge in [-0.15, -0.1) is 22.7 Å². The van der Waals surface area contributed by atoms with Gasteiger partial charge in [0.1, 0.15) is 21.2 Å². The molecular formula is C49H62N4O10S2. The van der Waals surface area contributed by atoms with Gasteiger partial charge in [-0.25, -0.2) is 19.6 Å². The van der Waals surface area contributed by atoms with Gasteiger partial charge in [0.25, 0.3) is 0 Å². The molecule has 2 heterocycles. The van der Waals surface area contributed by atoms with Crippen molar-refractivity contribution in [3.8, 4) is 23.0 Å². The summed E-state index contributed by atoms with van der Waals surface area (Å²) in [4.78, 5) is 35.1. The fourth-order valence-electron chi connectivity index (χ4n) is 5.56. The lowest BCUT2D eigenvalue weighted by Crippen LogP contribution is -2.34. The second-order valence-corrected chi connectivity index (χ2v) is 17.8. The Kier molecular flexibility index (Phi) is 19.8. The highest BCUT2D eigenvalue weighted by atomic mass is 32.1. The van der Waals surface area contributed by atoms with E-state index in [1.165, 1.54) is 4.90 Å². The van der Waals surface area contributed by atoms with Crippen LogP contribution in [0.25, 0.3) is 44.7 Å². The van der Waals surface area contributed by atoms with Crippen molar-refractivity contribution in [3.63, 3.8) is 0 Å². The Morgan fingerprint density at radius 2 is 1.09 bits per heavy atom. The summed E-state index contributed by atoms with van der Waals surface area (Å²) >= 11 is 3.14. The third kappa shape index (κ3) is 16.1. The Hall–Kier alpha value is -6.20. The van der Waals surface area contributed by atoms with E-state index < -0.39 is 23.4 Å². The van der Waals surface area contributed by atoms with Crippen molar-refractivity contribution in [2.75, 3.05) is 59.3 Å². The number of aromatic nitrogens is 2. The van der Waals surface area contributed by atoms with Crippen LogP contribution < -0.4 is 29.2 Å². The van der Waals surface area contributed by atoms with Crippen molar-refractivity contribution < 1.29 is 47.5 Å². The first-order chi connectivity index (χ1) is 30.0. The predicted octanol–water partition coefficient (Wildman–Crippen LogP) is 12.9. The Morgan fingerprint density at radius 1 is 0.615 bits per heavy atom. The number of hydrogen-bond donors (Lipinski definition) is 1. The first kappa shape index (κ1) is 53.1. The molecule has 0 fully saturated rings. The zero-order valence-electron chi connectivity index (χ0n) is 37.4. The lowest BCUT2D eigenvalue weighted by atomic mass is 10.2. The Morgan fingerprint density at radius 3 is 1.55 bits per heavy atom. The van der Waals surface area contributed by atoms with Gasteiger partial charge in [0.15, 0.2) is 36.6 Å². The number of ether oxygens (including phenoxy) is 8. The SMILES string of the molecule is C.C.COCOc1ccc(/C=C/c2nc3cc(N(C)C(=O)OC(C)(C)C)ccc3s2)cc1OC.COCOc1ccc(/C=C/c2nc3cc(NC(=O)OC(C)(C)C)ccc3s2)cc1OC. The monoisotopic (exact) mass is 930 g/mol. The molecule has 0 radical (unpaired) electrons. The van der Waals surface area contributed by atoms with Gasteiger partial charge in [-0.1, -0.05) is 39.1 Å². The molecule has 2 aromatic heterocycles. The minimum Gasteiger partial charge on any atom is -0.493 e. The minimum atomic E-state index is -0.552. The summed E-state index contributed by atoms with van der Waals surface area (Å²) in [5, 5.41) is 4.45. The summed E-state index contributed by atoms with van der Waals surface area (Å²) in [7, 11) is 8.02. The Balaban J connectivity index is 0.000000335. The molecule has 6 aromatic rings. The average molecular weight is 931 g/mol.